The zero-order valence-corrected chi connectivity index (χ0v) is 7.30. The molecule has 0 spiro atoms. The van der Waals surface area contributed by atoms with Crippen LogP contribution in [0.25, 0.3) is 0 Å². The van der Waals surface area contributed by atoms with Crippen LogP contribution in [0.15, 0.2) is 4.99 Å². The second kappa shape index (κ2) is 2.68. The molecule has 2 aliphatic heterocycles. The molecular weight excluding hydrogens is 160 g/mol. The molecule has 4 heteroatoms. The standard InChI is InChI=1S/C7H12N2OS/c1-4-5-2-10-3-6(5)9-7(8)11-4/h4-6H,2-3H2,1H3,(H2,8,9). The molecule has 0 bridgehead atoms. The van der Waals surface area contributed by atoms with Crippen LogP contribution >= 0.6 is 11.8 Å². The van der Waals surface area contributed by atoms with E-state index in [0.717, 1.165) is 18.4 Å². The predicted octanol–water partition coefficient (Wildman–Crippen LogP) is 0.451. The fourth-order valence-corrected chi connectivity index (χ4v) is 2.62. The van der Waals surface area contributed by atoms with Crippen LogP contribution in [0.1, 0.15) is 6.92 Å². The average Bonchev–Trinajstić information content (AvgIpc) is 2.34. The molecule has 0 saturated carbocycles. The molecule has 2 N–H and O–H groups in total. The third-order valence-electron chi connectivity index (χ3n) is 2.30. The Morgan fingerprint density at radius 2 is 2.45 bits per heavy atom. The zero-order valence-electron chi connectivity index (χ0n) is 6.49. The number of rotatable bonds is 0. The Kier molecular flexibility index (Phi) is 1.81. The summed E-state index contributed by atoms with van der Waals surface area (Å²) in [4.78, 5) is 4.33. The van der Waals surface area contributed by atoms with E-state index in [-0.39, 0.29) is 0 Å². The summed E-state index contributed by atoms with van der Waals surface area (Å²) in [6, 6.07) is 0.339. The van der Waals surface area contributed by atoms with Gasteiger partial charge >= 0.3 is 0 Å². The SMILES string of the molecule is CC1SC(N)=NC2COCC21. The lowest BCUT2D eigenvalue weighted by atomic mass is 10.0. The molecule has 0 amide bonds. The van der Waals surface area contributed by atoms with Gasteiger partial charge in [-0.1, -0.05) is 18.7 Å². The van der Waals surface area contributed by atoms with Crippen molar-refractivity contribution in [1.29, 1.82) is 0 Å². The lowest BCUT2D eigenvalue weighted by Crippen LogP contribution is -2.33. The normalized spacial score (nSPS) is 43.4. The van der Waals surface area contributed by atoms with Gasteiger partial charge in [0, 0.05) is 11.2 Å². The van der Waals surface area contributed by atoms with Gasteiger partial charge in [0.05, 0.1) is 19.3 Å². The number of thioether (sulfide) groups is 1. The number of aliphatic imine (C=N–C) groups is 1. The summed E-state index contributed by atoms with van der Waals surface area (Å²) in [5, 5.41) is 1.30. The first-order valence-electron chi connectivity index (χ1n) is 3.85. The lowest BCUT2D eigenvalue weighted by molar-refractivity contribution is 0.184. The van der Waals surface area contributed by atoms with Crippen LogP contribution in [0.4, 0.5) is 0 Å². The Labute approximate surface area is 70.4 Å². The fourth-order valence-electron chi connectivity index (χ4n) is 1.61. The van der Waals surface area contributed by atoms with E-state index in [0.29, 0.717) is 17.2 Å². The van der Waals surface area contributed by atoms with Crippen molar-refractivity contribution in [2.24, 2.45) is 16.6 Å². The molecule has 0 radical (unpaired) electrons. The largest absolute Gasteiger partial charge is 0.379 e. The van der Waals surface area contributed by atoms with E-state index < -0.39 is 0 Å². The van der Waals surface area contributed by atoms with Crippen molar-refractivity contribution in [1.82, 2.24) is 0 Å². The molecule has 62 valence electrons. The second-order valence-electron chi connectivity index (χ2n) is 3.06. The van der Waals surface area contributed by atoms with E-state index in [1.54, 1.807) is 11.8 Å². The molecule has 0 aromatic rings. The van der Waals surface area contributed by atoms with Crippen LogP contribution in [0.5, 0.6) is 0 Å². The minimum atomic E-state index is 0.339. The molecular formula is C7H12N2OS. The van der Waals surface area contributed by atoms with Crippen molar-refractivity contribution in [2.75, 3.05) is 13.2 Å². The van der Waals surface area contributed by atoms with Crippen molar-refractivity contribution in [3.8, 4) is 0 Å². The Balaban J connectivity index is 2.18. The van der Waals surface area contributed by atoms with Gasteiger partial charge in [0.1, 0.15) is 0 Å². The van der Waals surface area contributed by atoms with Crippen molar-refractivity contribution in [3.05, 3.63) is 0 Å². The molecule has 3 nitrogen and oxygen atoms in total. The maximum Gasteiger partial charge on any atom is 0.154 e. The van der Waals surface area contributed by atoms with Crippen LogP contribution in [-0.4, -0.2) is 29.7 Å². The van der Waals surface area contributed by atoms with E-state index in [9.17, 15) is 0 Å². The van der Waals surface area contributed by atoms with E-state index in [4.69, 9.17) is 10.5 Å². The van der Waals surface area contributed by atoms with Gasteiger partial charge in [-0.15, -0.1) is 0 Å². The van der Waals surface area contributed by atoms with Gasteiger partial charge in [-0.05, 0) is 0 Å². The van der Waals surface area contributed by atoms with E-state index in [1.807, 2.05) is 0 Å². The maximum absolute atomic E-state index is 5.64. The first-order valence-corrected chi connectivity index (χ1v) is 4.73. The van der Waals surface area contributed by atoms with Crippen molar-refractivity contribution in [2.45, 2.75) is 18.2 Å². The average molecular weight is 172 g/mol. The molecule has 2 heterocycles. The first kappa shape index (κ1) is 7.43. The molecule has 2 rings (SSSR count). The fraction of sp³-hybridized carbons (Fsp3) is 0.857. The van der Waals surface area contributed by atoms with Crippen LogP contribution in [0, 0.1) is 5.92 Å². The quantitative estimate of drug-likeness (QED) is 0.577. The van der Waals surface area contributed by atoms with Gasteiger partial charge in [0.25, 0.3) is 0 Å². The van der Waals surface area contributed by atoms with Crippen molar-refractivity contribution < 1.29 is 4.74 Å². The zero-order chi connectivity index (χ0) is 7.84. The summed E-state index contributed by atoms with van der Waals surface area (Å²) in [5.74, 6) is 0.590. The minimum Gasteiger partial charge on any atom is -0.379 e. The molecule has 0 aromatic carbocycles. The third kappa shape index (κ3) is 1.25. The number of hydrogen-bond acceptors (Lipinski definition) is 4. The van der Waals surface area contributed by atoms with Gasteiger partial charge in [0.2, 0.25) is 0 Å². The Bertz CT molecular complexity index is 195. The monoisotopic (exact) mass is 172 g/mol. The summed E-state index contributed by atoms with van der Waals surface area (Å²) in [7, 11) is 0. The molecule has 0 aromatic heterocycles. The highest BCUT2D eigenvalue weighted by Crippen LogP contribution is 2.32. The van der Waals surface area contributed by atoms with Gasteiger partial charge in [-0.25, -0.2) is 0 Å². The molecule has 3 atom stereocenters. The van der Waals surface area contributed by atoms with Gasteiger partial charge < -0.3 is 10.5 Å². The summed E-state index contributed by atoms with van der Waals surface area (Å²) in [5.41, 5.74) is 5.64. The van der Waals surface area contributed by atoms with Crippen LogP contribution in [0.2, 0.25) is 0 Å². The Morgan fingerprint density at radius 3 is 3.27 bits per heavy atom. The van der Waals surface area contributed by atoms with Crippen LogP contribution in [0.3, 0.4) is 0 Å². The van der Waals surface area contributed by atoms with Crippen LogP contribution < -0.4 is 5.73 Å². The van der Waals surface area contributed by atoms with E-state index in [1.165, 1.54) is 0 Å². The number of nitrogens with two attached hydrogens (primary N) is 1. The molecule has 2 aliphatic rings. The summed E-state index contributed by atoms with van der Waals surface area (Å²) < 4.78 is 5.33. The highest BCUT2D eigenvalue weighted by molar-refractivity contribution is 8.14. The first-order chi connectivity index (χ1) is 5.27. The highest BCUT2D eigenvalue weighted by atomic mass is 32.2. The Morgan fingerprint density at radius 1 is 1.64 bits per heavy atom. The second-order valence-corrected chi connectivity index (χ2v) is 4.46. The predicted molar refractivity (Wildman–Crippen MR) is 46.8 cm³/mol. The number of amidine groups is 1. The highest BCUT2D eigenvalue weighted by Gasteiger charge is 2.36. The summed E-state index contributed by atoms with van der Waals surface area (Å²) in [6.45, 7) is 3.81. The third-order valence-corrected chi connectivity index (χ3v) is 3.36. The molecule has 1 saturated heterocycles. The van der Waals surface area contributed by atoms with Crippen LogP contribution in [-0.2, 0) is 4.74 Å². The molecule has 0 aliphatic carbocycles. The van der Waals surface area contributed by atoms with Gasteiger partial charge in [-0.3, -0.25) is 4.99 Å². The van der Waals surface area contributed by atoms with Gasteiger partial charge in [-0.2, -0.15) is 0 Å². The lowest BCUT2D eigenvalue weighted by Gasteiger charge is -2.25. The van der Waals surface area contributed by atoms with E-state index >= 15 is 0 Å². The minimum absolute atomic E-state index is 0.339. The number of hydrogen-bond donors (Lipinski definition) is 1. The Hall–Kier alpha value is -0.220. The summed E-state index contributed by atoms with van der Waals surface area (Å²) >= 11 is 1.67. The topological polar surface area (TPSA) is 47.6 Å². The molecule has 3 unspecified atom stereocenters. The summed E-state index contributed by atoms with van der Waals surface area (Å²) in [6.07, 6.45) is 0. The maximum atomic E-state index is 5.64. The van der Waals surface area contributed by atoms with Crippen molar-refractivity contribution >= 4 is 16.9 Å². The van der Waals surface area contributed by atoms with Crippen molar-refractivity contribution in [3.63, 3.8) is 0 Å². The number of ether oxygens (including phenoxy) is 1. The van der Waals surface area contributed by atoms with Gasteiger partial charge in [0.15, 0.2) is 5.17 Å². The molecule has 11 heavy (non-hydrogen) atoms. The van der Waals surface area contributed by atoms with E-state index in [2.05, 4.69) is 11.9 Å². The molecule has 1 fully saturated rings. The number of nitrogens with zero attached hydrogens (tertiary/aromatic N) is 1. The smallest absolute Gasteiger partial charge is 0.154 e. The number of fused-ring (bicyclic) bond motifs is 1.